The number of alkyl halides is 3. The Labute approximate surface area is 133 Å². The summed E-state index contributed by atoms with van der Waals surface area (Å²) in [5, 5.41) is 6.98. The maximum atomic E-state index is 12.3. The van der Waals surface area contributed by atoms with Crippen LogP contribution < -0.4 is 5.32 Å². The molecule has 130 valence electrons. The second-order valence-corrected chi connectivity index (χ2v) is 6.19. The Morgan fingerprint density at radius 3 is 2.57 bits per heavy atom. The van der Waals surface area contributed by atoms with Crippen LogP contribution in [0.15, 0.2) is 6.20 Å². The number of nitrogens with zero attached hydrogens (tertiary/aromatic N) is 3. The molecule has 1 amide bonds. The second kappa shape index (κ2) is 7.33. The second-order valence-electron chi connectivity index (χ2n) is 6.19. The molecule has 0 bridgehead atoms. The first-order valence-corrected chi connectivity index (χ1v) is 7.78. The monoisotopic (exact) mass is 332 g/mol. The summed E-state index contributed by atoms with van der Waals surface area (Å²) >= 11 is 0. The third kappa shape index (κ3) is 5.53. The van der Waals surface area contributed by atoms with Gasteiger partial charge >= 0.3 is 6.18 Å². The van der Waals surface area contributed by atoms with Crippen molar-refractivity contribution >= 4 is 5.91 Å². The number of aromatic nitrogens is 2. The van der Waals surface area contributed by atoms with E-state index in [2.05, 4.69) is 10.4 Å². The lowest BCUT2D eigenvalue weighted by atomic mass is 9.93. The Hall–Kier alpha value is -1.57. The molecule has 1 fully saturated rings. The zero-order chi connectivity index (χ0) is 17.0. The van der Waals surface area contributed by atoms with Gasteiger partial charge in [0.25, 0.3) is 0 Å². The number of rotatable bonds is 5. The van der Waals surface area contributed by atoms with Crippen LogP contribution in [0.25, 0.3) is 0 Å². The number of amides is 1. The topological polar surface area (TPSA) is 50.2 Å². The Bertz CT molecular complexity index is 533. The fourth-order valence-corrected chi connectivity index (χ4v) is 2.85. The van der Waals surface area contributed by atoms with E-state index in [1.54, 1.807) is 10.9 Å². The summed E-state index contributed by atoms with van der Waals surface area (Å²) in [6.45, 7) is 2.32. The molecule has 0 unspecified atom stereocenters. The number of nitrogens with one attached hydrogen (secondary N) is 1. The average molecular weight is 332 g/mol. The molecular formula is C15H23F3N4O. The molecule has 0 spiro atoms. The lowest BCUT2D eigenvalue weighted by molar-refractivity contribution is -0.149. The van der Waals surface area contributed by atoms with Crippen LogP contribution >= 0.6 is 0 Å². The van der Waals surface area contributed by atoms with Crippen molar-refractivity contribution in [3.05, 3.63) is 17.5 Å². The van der Waals surface area contributed by atoms with Crippen molar-refractivity contribution in [3.63, 3.8) is 0 Å². The SMILES string of the molecule is Cc1c(CNC(=O)CC2CCN(CC(F)(F)F)CC2)cnn1C. The largest absolute Gasteiger partial charge is 0.401 e. The number of hydrogen-bond acceptors (Lipinski definition) is 3. The van der Waals surface area contributed by atoms with Crippen molar-refractivity contribution in [3.8, 4) is 0 Å². The Balaban J connectivity index is 1.70. The van der Waals surface area contributed by atoms with E-state index in [1.165, 1.54) is 4.90 Å². The number of aryl methyl sites for hydroxylation is 1. The van der Waals surface area contributed by atoms with E-state index < -0.39 is 12.7 Å². The first kappa shape index (κ1) is 17.8. The van der Waals surface area contributed by atoms with Gasteiger partial charge in [-0.25, -0.2) is 0 Å². The summed E-state index contributed by atoms with van der Waals surface area (Å²) in [4.78, 5) is 13.4. The molecule has 0 aromatic carbocycles. The van der Waals surface area contributed by atoms with E-state index in [9.17, 15) is 18.0 Å². The maximum Gasteiger partial charge on any atom is 0.401 e. The molecule has 5 nitrogen and oxygen atoms in total. The van der Waals surface area contributed by atoms with Crippen molar-refractivity contribution in [1.29, 1.82) is 0 Å². The summed E-state index contributed by atoms with van der Waals surface area (Å²) < 4.78 is 38.7. The molecular weight excluding hydrogens is 309 g/mol. The van der Waals surface area contributed by atoms with Gasteiger partial charge < -0.3 is 5.32 Å². The highest BCUT2D eigenvalue weighted by atomic mass is 19.4. The van der Waals surface area contributed by atoms with Crippen molar-refractivity contribution in [2.24, 2.45) is 13.0 Å². The van der Waals surface area contributed by atoms with E-state index in [-0.39, 0.29) is 11.8 Å². The van der Waals surface area contributed by atoms with Gasteiger partial charge in [0.05, 0.1) is 12.7 Å². The van der Waals surface area contributed by atoms with Crippen molar-refractivity contribution in [1.82, 2.24) is 20.0 Å². The van der Waals surface area contributed by atoms with Gasteiger partial charge in [-0.05, 0) is 38.8 Å². The molecule has 1 N–H and O–H groups in total. The first-order valence-electron chi connectivity index (χ1n) is 7.78. The Morgan fingerprint density at radius 2 is 2.04 bits per heavy atom. The van der Waals surface area contributed by atoms with Crippen molar-refractivity contribution in [2.75, 3.05) is 19.6 Å². The zero-order valence-corrected chi connectivity index (χ0v) is 13.5. The lowest BCUT2D eigenvalue weighted by Crippen LogP contribution is -2.40. The van der Waals surface area contributed by atoms with Crippen LogP contribution in [-0.2, 0) is 18.4 Å². The molecule has 1 aromatic rings. The van der Waals surface area contributed by atoms with Crippen molar-refractivity contribution < 1.29 is 18.0 Å². The molecule has 0 saturated carbocycles. The van der Waals surface area contributed by atoms with E-state index in [1.807, 2.05) is 14.0 Å². The number of hydrogen-bond donors (Lipinski definition) is 1. The highest BCUT2D eigenvalue weighted by Gasteiger charge is 2.32. The number of piperidine rings is 1. The molecule has 2 rings (SSSR count). The summed E-state index contributed by atoms with van der Waals surface area (Å²) in [6.07, 6.45) is -0.777. The van der Waals surface area contributed by atoms with Gasteiger partial charge in [0, 0.05) is 31.3 Å². The molecule has 1 aliphatic rings. The van der Waals surface area contributed by atoms with Gasteiger partial charge in [-0.3, -0.25) is 14.4 Å². The molecule has 1 aliphatic heterocycles. The van der Waals surface area contributed by atoms with Crippen LogP contribution in [0.2, 0.25) is 0 Å². The Morgan fingerprint density at radius 1 is 1.39 bits per heavy atom. The van der Waals surface area contributed by atoms with Gasteiger partial charge in [0.1, 0.15) is 0 Å². The normalized spacial score (nSPS) is 17.4. The quantitative estimate of drug-likeness (QED) is 0.897. The average Bonchev–Trinajstić information content (AvgIpc) is 2.77. The van der Waals surface area contributed by atoms with Crippen LogP contribution in [-0.4, -0.2) is 46.4 Å². The van der Waals surface area contributed by atoms with E-state index >= 15 is 0 Å². The van der Waals surface area contributed by atoms with E-state index in [0.717, 1.165) is 11.3 Å². The first-order chi connectivity index (χ1) is 10.7. The van der Waals surface area contributed by atoms with Gasteiger partial charge in [0.15, 0.2) is 0 Å². The summed E-state index contributed by atoms with van der Waals surface area (Å²) in [6, 6.07) is 0. The highest BCUT2D eigenvalue weighted by molar-refractivity contribution is 5.76. The summed E-state index contributed by atoms with van der Waals surface area (Å²) in [5.74, 6) is 0.108. The number of likely N-dealkylation sites (tertiary alicyclic amines) is 1. The van der Waals surface area contributed by atoms with E-state index in [4.69, 9.17) is 0 Å². The predicted molar refractivity (Wildman–Crippen MR) is 79.6 cm³/mol. The summed E-state index contributed by atoms with van der Waals surface area (Å²) in [5.41, 5.74) is 1.98. The molecule has 8 heteroatoms. The summed E-state index contributed by atoms with van der Waals surface area (Å²) in [7, 11) is 1.84. The molecule has 0 aliphatic carbocycles. The molecule has 1 saturated heterocycles. The number of carbonyl (C=O) groups is 1. The number of carbonyl (C=O) groups excluding carboxylic acids is 1. The number of halogens is 3. The van der Waals surface area contributed by atoms with Gasteiger partial charge in [-0.15, -0.1) is 0 Å². The van der Waals surface area contributed by atoms with Crippen LogP contribution in [0, 0.1) is 12.8 Å². The van der Waals surface area contributed by atoms with Crippen LogP contribution in [0.5, 0.6) is 0 Å². The minimum absolute atomic E-state index is 0.0532. The molecule has 0 atom stereocenters. The fraction of sp³-hybridized carbons (Fsp3) is 0.733. The zero-order valence-electron chi connectivity index (χ0n) is 13.5. The van der Waals surface area contributed by atoms with Gasteiger partial charge in [0.2, 0.25) is 5.91 Å². The highest BCUT2D eigenvalue weighted by Crippen LogP contribution is 2.24. The molecule has 2 heterocycles. The van der Waals surface area contributed by atoms with Crippen LogP contribution in [0.3, 0.4) is 0 Å². The third-order valence-corrected chi connectivity index (χ3v) is 4.40. The standard InChI is InChI=1S/C15H23F3N4O/c1-11-13(9-20-21(11)2)8-19-14(23)7-12-3-5-22(6-4-12)10-15(16,17)18/h9,12H,3-8,10H2,1-2H3,(H,19,23). The predicted octanol–water partition coefficient (Wildman–Crippen LogP) is 2.01. The lowest BCUT2D eigenvalue weighted by Gasteiger charge is -2.32. The van der Waals surface area contributed by atoms with Crippen molar-refractivity contribution in [2.45, 2.75) is 38.9 Å². The van der Waals surface area contributed by atoms with Gasteiger partial charge in [-0.1, -0.05) is 0 Å². The van der Waals surface area contributed by atoms with Crippen LogP contribution in [0.1, 0.15) is 30.5 Å². The van der Waals surface area contributed by atoms with E-state index in [0.29, 0.717) is 38.9 Å². The molecule has 0 radical (unpaired) electrons. The maximum absolute atomic E-state index is 12.3. The molecule has 23 heavy (non-hydrogen) atoms. The fourth-order valence-electron chi connectivity index (χ4n) is 2.85. The third-order valence-electron chi connectivity index (χ3n) is 4.40. The Kier molecular flexibility index (Phi) is 5.67. The smallest absolute Gasteiger partial charge is 0.352 e. The minimum atomic E-state index is -4.15. The van der Waals surface area contributed by atoms with Gasteiger partial charge in [-0.2, -0.15) is 18.3 Å². The molecule has 1 aromatic heterocycles. The van der Waals surface area contributed by atoms with Crippen LogP contribution in [0.4, 0.5) is 13.2 Å². The minimum Gasteiger partial charge on any atom is -0.352 e.